The Labute approximate surface area is 102 Å². The first-order valence-corrected chi connectivity index (χ1v) is 6.99. The van der Waals surface area contributed by atoms with Crippen molar-refractivity contribution in [1.29, 1.82) is 0 Å². The molecule has 16 heavy (non-hydrogen) atoms. The van der Waals surface area contributed by atoms with Gasteiger partial charge in [-0.3, -0.25) is 0 Å². The Hall–Kier alpha value is -0.480. The zero-order chi connectivity index (χ0) is 12.0. The van der Waals surface area contributed by atoms with Crippen molar-refractivity contribution in [3.8, 4) is 0 Å². The average molecular weight is 243 g/mol. The van der Waals surface area contributed by atoms with E-state index in [0.29, 0.717) is 11.3 Å². The number of carbonyl (C=O) groups is 1. The van der Waals surface area contributed by atoms with Gasteiger partial charge < -0.3 is 10.4 Å². The zero-order valence-corrected chi connectivity index (χ0v) is 10.7. The fraction of sp³-hybridized carbons (Fsp3) is 0.750. The van der Waals surface area contributed by atoms with Crippen LogP contribution in [-0.4, -0.2) is 35.2 Å². The topological polar surface area (TPSA) is 49.3 Å². The predicted molar refractivity (Wildman–Crippen MR) is 69.0 cm³/mol. The molecule has 0 aromatic carbocycles. The maximum atomic E-state index is 10.6. The second kappa shape index (κ2) is 6.30. The second-order valence-corrected chi connectivity index (χ2v) is 5.73. The summed E-state index contributed by atoms with van der Waals surface area (Å²) in [4.78, 5) is 10.6. The van der Waals surface area contributed by atoms with Gasteiger partial charge in [-0.25, -0.2) is 4.79 Å². The monoisotopic (exact) mass is 243 g/mol. The third-order valence-corrected chi connectivity index (χ3v) is 4.70. The summed E-state index contributed by atoms with van der Waals surface area (Å²) in [6, 6.07) is 0. The van der Waals surface area contributed by atoms with Gasteiger partial charge >= 0.3 is 5.97 Å². The van der Waals surface area contributed by atoms with Crippen molar-refractivity contribution in [2.24, 2.45) is 0 Å². The molecule has 1 aliphatic carbocycles. The summed E-state index contributed by atoms with van der Waals surface area (Å²) in [7, 11) is 0. The minimum Gasteiger partial charge on any atom is -0.478 e. The molecule has 1 rings (SSSR count). The van der Waals surface area contributed by atoms with Gasteiger partial charge in [0.2, 0.25) is 0 Å². The van der Waals surface area contributed by atoms with Gasteiger partial charge in [0.05, 0.1) is 0 Å². The summed E-state index contributed by atoms with van der Waals surface area (Å²) in [6.07, 6.45) is 8.55. The van der Waals surface area contributed by atoms with E-state index in [9.17, 15) is 4.79 Å². The van der Waals surface area contributed by atoms with Crippen molar-refractivity contribution in [2.45, 2.75) is 36.9 Å². The molecule has 0 radical (unpaired) electrons. The standard InChI is InChI=1S/C12H21NO2S/c1-10(11(14)15)8-13-9-12(16-2)6-4-3-5-7-12/h13H,1,3-9H2,2H3,(H,14,15). The molecule has 0 atom stereocenters. The quantitative estimate of drug-likeness (QED) is 0.703. The molecule has 92 valence electrons. The second-order valence-electron chi connectivity index (χ2n) is 4.46. The lowest BCUT2D eigenvalue weighted by molar-refractivity contribution is -0.132. The molecule has 1 aliphatic rings. The van der Waals surface area contributed by atoms with E-state index in [1.807, 2.05) is 11.8 Å². The van der Waals surface area contributed by atoms with Crippen LogP contribution in [0.3, 0.4) is 0 Å². The van der Waals surface area contributed by atoms with Gasteiger partial charge in [-0.2, -0.15) is 11.8 Å². The van der Waals surface area contributed by atoms with E-state index in [1.54, 1.807) is 0 Å². The molecule has 0 aromatic heterocycles. The molecule has 1 fully saturated rings. The predicted octanol–water partition coefficient (Wildman–Crippen LogP) is 2.28. The van der Waals surface area contributed by atoms with E-state index in [4.69, 9.17) is 5.11 Å². The molecule has 2 N–H and O–H groups in total. The van der Waals surface area contributed by atoms with E-state index in [1.165, 1.54) is 32.1 Å². The molecule has 0 saturated heterocycles. The number of carboxylic acid groups (broad SMARTS) is 1. The van der Waals surface area contributed by atoms with Crippen LogP contribution in [0, 0.1) is 0 Å². The summed E-state index contributed by atoms with van der Waals surface area (Å²) in [5, 5.41) is 11.9. The molecule has 3 nitrogen and oxygen atoms in total. The van der Waals surface area contributed by atoms with Crippen molar-refractivity contribution in [3.05, 3.63) is 12.2 Å². The molecular weight excluding hydrogens is 222 g/mol. The molecule has 0 spiro atoms. The van der Waals surface area contributed by atoms with E-state index in [2.05, 4.69) is 18.2 Å². The van der Waals surface area contributed by atoms with Gasteiger partial charge in [-0.15, -0.1) is 0 Å². The van der Waals surface area contributed by atoms with Crippen LogP contribution in [0.5, 0.6) is 0 Å². The van der Waals surface area contributed by atoms with E-state index < -0.39 is 5.97 Å². The number of aliphatic carboxylic acids is 1. The molecule has 4 heteroatoms. The maximum Gasteiger partial charge on any atom is 0.332 e. The third kappa shape index (κ3) is 3.83. The van der Waals surface area contributed by atoms with Gasteiger partial charge in [-0.1, -0.05) is 25.8 Å². The van der Waals surface area contributed by atoms with Crippen LogP contribution in [0.4, 0.5) is 0 Å². The number of hydrogen-bond donors (Lipinski definition) is 2. The highest BCUT2D eigenvalue weighted by Crippen LogP contribution is 2.37. The third-order valence-electron chi connectivity index (χ3n) is 3.29. The van der Waals surface area contributed by atoms with E-state index >= 15 is 0 Å². The summed E-state index contributed by atoms with van der Waals surface area (Å²) in [5.74, 6) is -0.908. The van der Waals surface area contributed by atoms with Crippen molar-refractivity contribution in [2.75, 3.05) is 19.3 Å². The highest BCUT2D eigenvalue weighted by Gasteiger charge is 2.30. The van der Waals surface area contributed by atoms with Crippen LogP contribution < -0.4 is 5.32 Å². The van der Waals surface area contributed by atoms with E-state index in [0.717, 1.165) is 6.54 Å². The van der Waals surface area contributed by atoms with Crippen LogP contribution in [-0.2, 0) is 4.79 Å². The molecule has 0 bridgehead atoms. The molecule has 0 unspecified atom stereocenters. The lowest BCUT2D eigenvalue weighted by Gasteiger charge is -2.36. The van der Waals surface area contributed by atoms with Gasteiger partial charge in [0.1, 0.15) is 0 Å². The zero-order valence-electron chi connectivity index (χ0n) is 9.92. The summed E-state index contributed by atoms with van der Waals surface area (Å²) in [6.45, 7) is 4.79. The molecule has 0 heterocycles. The number of hydrogen-bond acceptors (Lipinski definition) is 3. The summed E-state index contributed by atoms with van der Waals surface area (Å²) < 4.78 is 0.317. The van der Waals surface area contributed by atoms with Crippen molar-refractivity contribution in [1.82, 2.24) is 5.32 Å². The van der Waals surface area contributed by atoms with Crippen molar-refractivity contribution in [3.63, 3.8) is 0 Å². The Balaban J connectivity index is 2.33. The van der Waals surface area contributed by atoms with Gasteiger partial charge in [-0.05, 0) is 19.1 Å². The lowest BCUT2D eigenvalue weighted by Crippen LogP contribution is -2.40. The van der Waals surface area contributed by atoms with Crippen LogP contribution in [0.2, 0.25) is 0 Å². The first kappa shape index (κ1) is 13.6. The molecular formula is C12H21NO2S. The Morgan fingerprint density at radius 3 is 2.56 bits per heavy atom. The highest BCUT2D eigenvalue weighted by molar-refractivity contribution is 8.00. The van der Waals surface area contributed by atoms with Gasteiger partial charge in [0, 0.05) is 23.4 Å². The fourth-order valence-corrected chi connectivity index (χ4v) is 3.11. The Morgan fingerprint density at radius 2 is 2.06 bits per heavy atom. The minimum atomic E-state index is -0.908. The Kier molecular flexibility index (Phi) is 5.35. The number of rotatable bonds is 6. The van der Waals surface area contributed by atoms with Crippen LogP contribution in [0.15, 0.2) is 12.2 Å². The van der Waals surface area contributed by atoms with Gasteiger partial charge in [0.15, 0.2) is 0 Å². The van der Waals surface area contributed by atoms with Gasteiger partial charge in [0.25, 0.3) is 0 Å². The van der Waals surface area contributed by atoms with E-state index in [-0.39, 0.29) is 5.57 Å². The largest absolute Gasteiger partial charge is 0.478 e. The van der Waals surface area contributed by atoms with Crippen LogP contribution >= 0.6 is 11.8 Å². The van der Waals surface area contributed by atoms with Crippen LogP contribution in [0.25, 0.3) is 0 Å². The SMILES string of the molecule is C=C(CNCC1(SC)CCCCC1)C(=O)O. The highest BCUT2D eigenvalue weighted by atomic mass is 32.2. The average Bonchev–Trinajstić information content (AvgIpc) is 2.30. The first-order chi connectivity index (χ1) is 7.59. The number of thioether (sulfide) groups is 1. The maximum absolute atomic E-state index is 10.6. The normalized spacial score (nSPS) is 19.3. The molecule has 0 aliphatic heterocycles. The first-order valence-electron chi connectivity index (χ1n) is 5.76. The fourth-order valence-electron chi connectivity index (χ4n) is 2.17. The lowest BCUT2D eigenvalue weighted by atomic mass is 9.88. The van der Waals surface area contributed by atoms with Crippen LogP contribution in [0.1, 0.15) is 32.1 Å². The number of carboxylic acids is 1. The molecule has 0 aromatic rings. The summed E-state index contributed by atoms with van der Waals surface area (Å²) >= 11 is 1.91. The minimum absolute atomic E-state index is 0.243. The summed E-state index contributed by atoms with van der Waals surface area (Å²) in [5.41, 5.74) is 0.243. The van der Waals surface area contributed by atoms with Crippen molar-refractivity contribution < 1.29 is 9.90 Å². The molecule has 1 saturated carbocycles. The smallest absolute Gasteiger partial charge is 0.332 e. The van der Waals surface area contributed by atoms with Crippen molar-refractivity contribution >= 4 is 17.7 Å². The molecule has 0 amide bonds. The Morgan fingerprint density at radius 1 is 1.44 bits per heavy atom. The number of nitrogens with one attached hydrogen (secondary N) is 1. The Bertz CT molecular complexity index is 260.